The zero-order valence-electron chi connectivity index (χ0n) is 28.6. The summed E-state index contributed by atoms with van der Waals surface area (Å²) < 4.78 is 7.12. The number of rotatable bonds is 4. The number of hydrogen-bond donors (Lipinski definition) is 0. The van der Waals surface area contributed by atoms with Crippen molar-refractivity contribution in [3.8, 4) is 33.8 Å². The van der Waals surface area contributed by atoms with Gasteiger partial charge in [0.05, 0.1) is 38.8 Å². The standard InChI is InChI=1S/C49H30N4/c1-3-12-31(13-4-1)48-49-38-25-24-35(30-41(38)44-20-11-21-47(50-48)53(44)49)52-43-19-10-8-17-37(43)40-29-33(23-27-46(40)52)32-22-26-45-39(28-32)36-16-7-9-18-42(36)51(45)34-14-5-2-6-15-34/h1-30H. The fourth-order valence-corrected chi connectivity index (χ4v) is 8.88. The van der Waals surface area contributed by atoms with Gasteiger partial charge in [0.15, 0.2) is 0 Å². The SMILES string of the molecule is c1ccc(-c2nc3cccc4c5cc(-n6c7ccccc7c7cc(-c8ccc9c(c8)c8ccccc8n9-c8ccccc8)ccc76)ccc5c2n34)cc1. The third-order valence-corrected chi connectivity index (χ3v) is 11.2. The number of imidazole rings is 1. The Labute approximate surface area is 304 Å². The van der Waals surface area contributed by atoms with Crippen molar-refractivity contribution in [3.05, 3.63) is 182 Å². The van der Waals surface area contributed by atoms with Crippen LogP contribution in [0.25, 0.3) is 105 Å². The van der Waals surface area contributed by atoms with E-state index in [1.54, 1.807) is 0 Å². The van der Waals surface area contributed by atoms with Crippen LogP contribution >= 0.6 is 0 Å². The van der Waals surface area contributed by atoms with Crippen LogP contribution in [0.5, 0.6) is 0 Å². The summed E-state index contributed by atoms with van der Waals surface area (Å²) in [6.07, 6.45) is 0. The van der Waals surface area contributed by atoms with Gasteiger partial charge in [-0.2, -0.15) is 0 Å². The minimum absolute atomic E-state index is 0.973. The number of pyridine rings is 1. The Balaban J connectivity index is 1.05. The maximum Gasteiger partial charge on any atom is 0.138 e. The first-order valence-electron chi connectivity index (χ1n) is 18.1. The van der Waals surface area contributed by atoms with E-state index in [1.165, 1.54) is 82.2 Å². The first-order chi connectivity index (χ1) is 26.3. The normalized spacial score (nSPS) is 12.2. The lowest BCUT2D eigenvalue weighted by atomic mass is 10.0. The lowest BCUT2D eigenvalue weighted by Gasteiger charge is -2.10. The van der Waals surface area contributed by atoms with Crippen molar-refractivity contribution in [2.45, 2.75) is 0 Å². The van der Waals surface area contributed by atoms with E-state index in [1.807, 2.05) is 0 Å². The molecule has 5 heterocycles. The van der Waals surface area contributed by atoms with E-state index in [0.717, 1.165) is 22.6 Å². The minimum Gasteiger partial charge on any atom is -0.309 e. The number of hydrogen-bond acceptors (Lipinski definition) is 1. The Bertz CT molecular complexity index is 3380. The van der Waals surface area contributed by atoms with Gasteiger partial charge in [-0.25, -0.2) is 4.98 Å². The molecule has 4 heteroatoms. The quantitative estimate of drug-likeness (QED) is 0.183. The molecule has 0 bridgehead atoms. The number of benzene rings is 7. The summed E-state index contributed by atoms with van der Waals surface area (Å²) in [6.45, 7) is 0. The molecule has 0 amide bonds. The maximum absolute atomic E-state index is 5.08. The van der Waals surface area contributed by atoms with E-state index in [0.29, 0.717) is 0 Å². The van der Waals surface area contributed by atoms with Crippen LogP contribution in [0.15, 0.2) is 182 Å². The van der Waals surface area contributed by atoms with E-state index < -0.39 is 0 Å². The topological polar surface area (TPSA) is 27.2 Å². The molecule has 5 aromatic heterocycles. The fraction of sp³-hybridized carbons (Fsp3) is 0. The zero-order chi connectivity index (χ0) is 34.6. The highest BCUT2D eigenvalue weighted by molar-refractivity contribution is 6.16. The third-order valence-electron chi connectivity index (χ3n) is 11.2. The molecule has 0 spiro atoms. The molecule has 0 saturated heterocycles. The zero-order valence-corrected chi connectivity index (χ0v) is 28.6. The molecule has 0 radical (unpaired) electrons. The van der Waals surface area contributed by atoms with Gasteiger partial charge in [0.25, 0.3) is 0 Å². The molecule has 0 aliphatic heterocycles. The van der Waals surface area contributed by atoms with Gasteiger partial charge in [-0.15, -0.1) is 0 Å². The molecule has 0 atom stereocenters. The summed E-state index contributed by atoms with van der Waals surface area (Å²) in [4.78, 5) is 5.08. The van der Waals surface area contributed by atoms with Gasteiger partial charge in [0.1, 0.15) is 5.65 Å². The summed E-state index contributed by atoms with van der Waals surface area (Å²) in [5.74, 6) is 0. The van der Waals surface area contributed by atoms with Crippen LogP contribution in [0.2, 0.25) is 0 Å². The van der Waals surface area contributed by atoms with Crippen molar-refractivity contribution in [1.29, 1.82) is 0 Å². The summed E-state index contributed by atoms with van der Waals surface area (Å²) in [7, 11) is 0. The van der Waals surface area contributed by atoms with E-state index in [4.69, 9.17) is 4.98 Å². The predicted molar refractivity (Wildman–Crippen MR) is 221 cm³/mol. The Morgan fingerprint density at radius 1 is 0.321 bits per heavy atom. The number of para-hydroxylation sites is 3. The molecular weight excluding hydrogens is 645 g/mol. The van der Waals surface area contributed by atoms with Crippen LogP contribution in [-0.2, 0) is 0 Å². The Hall–Kier alpha value is -7.17. The molecule has 0 aliphatic carbocycles. The molecule has 12 aromatic rings. The van der Waals surface area contributed by atoms with Crippen molar-refractivity contribution >= 4 is 71.1 Å². The van der Waals surface area contributed by atoms with Gasteiger partial charge < -0.3 is 9.13 Å². The molecule has 246 valence electrons. The van der Waals surface area contributed by atoms with E-state index >= 15 is 0 Å². The van der Waals surface area contributed by atoms with Gasteiger partial charge >= 0.3 is 0 Å². The molecule has 53 heavy (non-hydrogen) atoms. The Morgan fingerprint density at radius 3 is 1.55 bits per heavy atom. The van der Waals surface area contributed by atoms with Gasteiger partial charge in [-0.3, -0.25) is 4.40 Å². The Morgan fingerprint density at radius 2 is 0.868 bits per heavy atom. The summed E-state index contributed by atoms with van der Waals surface area (Å²) in [5.41, 5.74) is 15.0. The lowest BCUT2D eigenvalue weighted by molar-refractivity contribution is 1.18. The van der Waals surface area contributed by atoms with Crippen molar-refractivity contribution in [3.63, 3.8) is 0 Å². The second-order valence-electron chi connectivity index (χ2n) is 14.0. The average molecular weight is 675 g/mol. The number of nitrogens with zero attached hydrogens (tertiary/aromatic N) is 4. The van der Waals surface area contributed by atoms with E-state index in [2.05, 4.69) is 196 Å². The molecule has 0 saturated carbocycles. The van der Waals surface area contributed by atoms with Crippen LogP contribution in [-0.4, -0.2) is 18.5 Å². The molecule has 0 unspecified atom stereocenters. The highest BCUT2D eigenvalue weighted by Gasteiger charge is 2.21. The van der Waals surface area contributed by atoms with Crippen molar-refractivity contribution in [2.24, 2.45) is 0 Å². The van der Waals surface area contributed by atoms with Crippen LogP contribution in [0.3, 0.4) is 0 Å². The first-order valence-corrected chi connectivity index (χ1v) is 18.1. The summed E-state index contributed by atoms with van der Waals surface area (Å²) in [5, 5.41) is 7.46. The van der Waals surface area contributed by atoms with E-state index in [-0.39, 0.29) is 0 Å². The minimum atomic E-state index is 0.973. The fourth-order valence-electron chi connectivity index (χ4n) is 8.88. The molecular formula is C49H30N4. The lowest BCUT2D eigenvalue weighted by Crippen LogP contribution is -1.93. The summed E-state index contributed by atoms with van der Waals surface area (Å²) in [6, 6.07) is 66.0. The molecule has 12 rings (SSSR count). The molecule has 4 nitrogen and oxygen atoms in total. The second-order valence-corrected chi connectivity index (χ2v) is 14.0. The highest BCUT2D eigenvalue weighted by Crippen LogP contribution is 2.41. The Kier molecular flexibility index (Phi) is 5.74. The van der Waals surface area contributed by atoms with Gasteiger partial charge in [-0.05, 0) is 83.9 Å². The molecule has 7 aromatic carbocycles. The highest BCUT2D eigenvalue weighted by atomic mass is 15.0. The van der Waals surface area contributed by atoms with Crippen LogP contribution in [0, 0.1) is 0 Å². The summed E-state index contributed by atoms with van der Waals surface area (Å²) >= 11 is 0. The molecule has 0 aliphatic rings. The third kappa shape index (κ3) is 3.98. The monoisotopic (exact) mass is 674 g/mol. The average Bonchev–Trinajstić information content (AvgIpc) is 3.97. The van der Waals surface area contributed by atoms with Crippen molar-refractivity contribution < 1.29 is 0 Å². The molecule has 0 fully saturated rings. The van der Waals surface area contributed by atoms with Gasteiger partial charge in [-0.1, -0.05) is 109 Å². The first kappa shape index (κ1) is 28.5. The largest absolute Gasteiger partial charge is 0.309 e. The van der Waals surface area contributed by atoms with Crippen molar-refractivity contribution in [2.75, 3.05) is 0 Å². The van der Waals surface area contributed by atoms with Crippen LogP contribution < -0.4 is 0 Å². The number of aromatic nitrogens is 4. The van der Waals surface area contributed by atoms with E-state index in [9.17, 15) is 0 Å². The van der Waals surface area contributed by atoms with Gasteiger partial charge in [0, 0.05) is 49.3 Å². The maximum atomic E-state index is 5.08. The second kappa shape index (κ2) is 10.7. The van der Waals surface area contributed by atoms with Gasteiger partial charge in [0.2, 0.25) is 0 Å². The number of fused-ring (bicyclic) bond motifs is 9. The van der Waals surface area contributed by atoms with Crippen molar-refractivity contribution in [1.82, 2.24) is 18.5 Å². The van der Waals surface area contributed by atoms with Crippen LogP contribution in [0.1, 0.15) is 0 Å². The predicted octanol–water partition coefficient (Wildman–Crippen LogP) is 12.6. The van der Waals surface area contributed by atoms with Crippen LogP contribution in [0.4, 0.5) is 0 Å². The molecule has 0 N–H and O–H groups in total. The smallest absolute Gasteiger partial charge is 0.138 e.